The summed E-state index contributed by atoms with van der Waals surface area (Å²) >= 11 is 0. The molecule has 0 aliphatic carbocycles. The maximum absolute atomic E-state index is 11.9. The number of benzene rings is 1. The number of nitrogens with zero attached hydrogens (tertiary/aromatic N) is 1. The Balaban J connectivity index is 1.99. The number of amides is 1. The van der Waals surface area contributed by atoms with Crippen LogP contribution in [0.4, 0.5) is 5.69 Å². The zero-order valence-electron chi connectivity index (χ0n) is 12.0. The number of nitrogens with one attached hydrogen (secondary N) is 2. The Morgan fingerprint density at radius 3 is 2.57 bits per heavy atom. The molecule has 0 radical (unpaired) electrons. The van der Waals surface area contributed by atoms with Crippen LogP contribution in [0.15, 0.2) is 30.3 Å². The number of aromatic amines is 1. The molecule has 110 valence electrons. The predicted molar refractivity (Wildman–Crippen MR) is 78.3 cm³/mol. The van der Waals surface area contributed by atoms with E-state index in [4.69, 9.17) is 4.74 Å². The molecule has 1 aromatic heterocycles. The lowest BCUT2D eigenvalue weighted by atomic mass is 10.2. The Labute approximate surface area is 122 Å². The van der Waals surface area contributed by atoms with E-state index in [-0.39, 0.29) is 11.9 Å². The summed E-state index contributed by atoms with van der Waals surface area (Å²) in [5, 5.41) is 9.29. The van der Waals surface area contributed by atoms with Gasteiger partial charge in [0.25, 0.3) is 5.91 Å². The second-order valence-corrected chi connectivity index (χ2v) is 4.60. The minimum Gasteiger partial charge on any atom is -0.462 e. The zero-order valence-corrected chi connectivity index (χ0v) is 12.0. The Bertz CT molecular complexity index is 632. The topological polar surface area (TPSA) is 84.1 Å². The van der Waals surface area contributed by atoms with Crippen molar-refractivity contribution in [1.82, 2.24) is 10.2 Å². The largest absolute Gasteiger partial charge is 0.462 e. The molecule has 0 aliphatic rings. The van der Waals surface area contributed by atoms with Crippen molar-refractivity contribution in [3.05, 3.63) is 47.3 Å². The second kappa shape index (κ2) is 6.69. The molecular formula is C15H17N3O3. The Morgan fingerprint density at radius 2 is 2.00 bits per heavy atom. The molecule has 0 unspecified atom stereocenters. The molecule has 6 heteroatoms. The van der Waals surface area contributed by atoms with Gasteiger partial charge in [-0.2, -0.15) is 5.10 Å². The van der Waals surface area contributed by atoms with Crippen LogP contribution < -0.4 is 5.32 Å². The maximum Gasteiger partial charge on any atom is 0.338 e. The van der Waals surface area contributed by atoms with Gasteiger partial charge in [-0.25, -0.2) is 4.79 Å². The maximum atomic E-state index is 11.9. The molecule has 1 amide bonds. The van der Waals surface area contributed by atoms with E-state index in [0.717, 1.165) is 12.1 Å². The first-order valence-electron chi connectivity index (χ1n) is 6.70. The van der Waals surface area contributed by atoms with E-state index in [1.54, 1.807) is 30.3 Å². The number of aryl methyl sites for hydroxylation is 1. The van der Waals surface area contributed by atoms with Crippen LogP contribution >= 0.6 is 0 Å². The Kier molecular flexibility index (Phi) is 4.71. The third-order valence-electron chi connectivity index (χ3n) is 2.75. The van der Waals surface area contributed by atoms with Gasteiger partial charge in [0.1, 0.15) is 0 Å². The highest BCUT2D eigenvalue weighted by atomic mass is 16.5. The van der Waals surface area contributed by atoms with E-state index in [2.05, 4.69) is 15.5 Å². The fraction of sp³-hybridized carbons (Fsp3) is 0.267. The van der Waals surface area contributed by atoms with Crippen LogP contribution in [-0.2, 0) is 4.74 Å². The van der Waals surface area contributed by atoms with Crippen molar-refractivity contribution in [2.75, 3.05) is 11.9 Å². The highest BCUT2D eigenvalue weighted by molar-refractivity contribution is 6.03. The molecule has 1 heterocycles. The summed E-state index contributed by atoms with van der Waals surface area (Å²) in [6.07, 6.45) is 0.781. The zero-order chi connectivity index (χ0) is 15.2. The highest BCUT2D eigenvalue weighted by Crippen LogP contribution is 2.12. The average molecular weight is 287 g/mol. The summed E-state index contributed by atoms with van der Waals surface area (Å²) in [4.78, 5) is 23.5. The number of anilines is 1. The summed E-state index contributed by atoms with van der Waals surface area (Å²) in [6, 6.07) is 8.19. The third kappa shape index (κ3) is 3.92. The van der Waals surface area contributed by atoms with Gasteiger partial charge < -0.3 is 10.1 Å². The molecule has 0 aliphatic heterocycles. The quantitative estimate of drug-likeness (QED) is 0.828. The van der Waals surface area contributed by atoms with Crippen molar-refractivity contribution in [1.29, 1.82) is 0 Å². The van der Waals surface area contributed by atoms with Gasteiger partial charge in [0, 0.05) is 11.4 Å². The van der Waals surface area contributed by atoms with Crippen molar-refractivity contribution in [2.45, 2.75) is 20.3 Å². The van der Waals surface area contributed by atoms with Crippen molar-refractivity contribution in [3.63, 3.8) is 0 Å². The van der Waals surface area contributed by atoms with E-state index >= 15 is 0 Å². The van der Waals surface area contributed by atoms with Gasteiger partial charge in [0.05, 0.1) is 12.2 Å². The van der Waals surface area contributed by atoms with Gasteiger partial charge in [-0.05, 0) is 43.7 Å². The standard InChI is InChI=1S/C15H17N3O3/c1-3-8-21-15(20)11-4-6-12(7-5-11)16-14(19)13-9-10(2)17-18-13/h4-7,9H,3,8H2,1-2H3,(H,16,19)(H,17,18). The van der Waals surface area contributed by atoms with Crippen molar-refractivity contribution < 1.29 is 14.3 Å². The molecular weight excluding hydrogens is 270 g/mol. The lowest BCUT2D eigenvalue weighted by Gasteiger charge is -2.05. The monoisotopic (exact) mass is 287 g/mol. The van der Waals surface area contributed by atoms with Crippen LogP contribution in [-0.4, -0.2) is 28.7 Å². The number of esters is 1. The van der Waals surface area contributed by atoms with Gasteiger partial charge in [0.15, 0.2) is 5.69 Å². The van der Waals surface area contributed by atoms with Crippen LogP contribution in [0.2, 0.25) is 0 Å². The summed E-state index contributed by atoms with van der Waals surface area (Å²) in [5.74, 6) is -0.668. The lowest BCUT2D eigenvalue weighted by molar-refractivity contribution is 0.0505. The van der Waals surface area contributed by atoms with Crippen molar-refractivity contribution in [3.8, 4) is 0 Å². The van der Waals surface area contributed by atoms with Gasteiger partial charge in [-0.15, -0.1) is 0 Å². The Morgan fingerprint density at radius 1 is 1.29 bits per heavy atom. The summed E-state index contributed by atoms with van der Waals surface area (Å²) in [7, 11) is 0. The van der Waals surface area contributed by atoms with Gasteiger partial charge in [-0.3, -0.25) is 9.89 Å². The van der Waals surface area contributed by atoms with E-state index in [0.29, 0.717) is 23.6 Å². The number of rotatable bonds is 5. The van der Waals surface area contributed by atoms with Crippen LogP contribution in [0.1, 0.15) is 39.9 Å². The number of hydrogen-bond donors (Lipinski definition) is 2. The molecule has 0 atom stereocenters. The van der Waals surface area contributed by atoms with Crippen LogP contribution in [0.3, 0.4) is 0 Å². The molecule has 6 nitrogen and oxygen atoms in total. The minimum atomic E-state index is -0.363. The molecule has 0 bridgehead atoms. The number of carbonyl (C=O) groups is 2. The average Bonchev–Trinajstić information content (AvgIpc) is 2.92. The molecule has 2 N–H and O–H groups in total. The first kappa shape index (κ1) is 14.8. The van der Waals surface area contributed by atoms with Crippen LogP contribution in [0, 0.1) is 6.92 Å². The van der Waals surface area contributed by atoms with Crippen LogP contribution in [0.5, 0.6) is 0 Å². The first-order valence-corrected chi connectivity index (χ1v) is 6.70. The molecule has 2 aromatic rings. The number of H-pyrrole nitrogens is 1. The SMILES string of the molecule is CCCOC(=O)c1ccc(NC(=O)c2cc(C)[nH]n2)cc1. The van der Waals surface area contributed by atoms with E-state index in [1.807, 2.05) is 13.8 Å². The molecule has 1 aromatic carbocycles. The number of hydrogen-bond acceptors (Lipinski definition) is 4. The molecule has 0 fully saturated rings. The van der Waals surface area contributed by atoms with Gasteiger partial charge in [-0.1, -0.05) is 6.92 Å². The summed E-state index contributed by atoms with van der Waals surface area (Å²) in [6.45, 7) is 4.15. The van der Waals surface area contributed by atoms with Gasteiger partial charge in [0.2, 0.25) is 0 Å². The molecule has 21 heavy (non-hydrogen) atoms. The molecule has 0 saturated carbocycles. The first-order chi connectivity index (χ1) is 10.1. The number of ether oxygens (including phenoxy) is 1. The highest BCUT2D eigenvalue weighted by Gasteiger charge is 2.10. The second-order valence-electron chi connectivity index (χ2n) is 4.60. The van der Waals surface area contributed by atoms with Crippen molar-refractivity contribution >= 4 is 17.6 Å². The number of aromatic nitrogens is 2. The number of carbonyl (C=O) groups excluding carboxylic acids is 2. The lowest BCUT2D eigenvalue weighted by Crippen LogP contribution is -2.12. The summed E-state index contributed by atoms with van der Waals surface area (Å²) in [5.41, 5.74) is 2.18. The molecule has 0 saturated heterocycles. The third-order valence-corrected chi connectivity index (χ3v) is 2.75. The predicted octanol–water partition coefficient (Wildman–Crippen LogP) is 2.54. The van der Waals surface area contributed by atoms with Gasteiger partial charge >= 0.3 is 5.97 Å². The van der Waals surface area contributed by atoms with E-state index < -0.39 is 0 Å². The normalized spacial score (nSPS) is 10.2. The fourth-order valence-electron chi connectivity index (χ4n) is 1.70. The smallest absolute Gasteiger partial charge is 0.338 e. The van der Waals surface area contributed by atoms with Crippen molar-refractivity contribution in [2.24, 2.45) is 0 Å². The fourth-order valence-corrected chi connectivity index (χ4v) is 1.70. The molecule has 0 spiro atoms. The Hall–Kier alpha value is -2.63. The van der Waals surface area contributed by atoms with Crippen LogP contribution in [0.25, 0.3) is 0 Å². The van der Waals surface area contributed by atoms with E-state index in [1.165, 1.54) is 0 Å². The van der Waals surface area contributed by atoms with E-state index in [9.17, 15) is 9.59 Å². The minimum absolute atomic E-state index is 0.305. The molecule has 2 rings (SSSR count). The summed E-state index contributed by atoms with van der Waals surface area (Å²) < 4.78 is 5.03.